The van der Waals surface area contributed by atoms with Gasteiger partial charge >= 0.3 is 0 Å². The Morgan fingerprint density at radius 1 is 1.10 bits per heavy atom. The van der Waals surface area contributed by atoms with Gasteiger partial charge in [0, 0.05) is 11.1 Å². The Morgan fingerprint density at radius 2 is 1.80 bits per heavy atom. The van der Waals surface area contributed by atoms with E-state index >= 15 is 0 Å². The predicted octanol–water partition coefficient (Wildman–Crippen LogP) is 4.90. The highest BCUT2D eigenvalue weighted by atomic mass is 79.9. The van der Waals surface area contributed by atoms with E-state index in [-0.39, 0.29) is 4.83 Å². The van der Waals surface area contributed by atoms with E-state index in [4.69, 9.17) is 21.1 Å². The lowest BCUT2D eigenvalue weighted by Gasteiger charge is -2.21. The molecule has 1 unspecified atom stereocenters. The van der Waals surface area contributed by atoms with Gasteiger partial charge in [-0.15, -0.1) is 0 Å². The zero-order chi connectivity index (χ0) is 14.1. The first-order chi connectivity index (χ1) is 9.65. The number of hydrogen-bond acceptors (Lipinski definition) is 2. The number of aryl methyl sites for hydroxylation is 1. The van der Waals surface area contributed by atoms with E-state index in [1.807, 2.05) is 18.2 Å². The summed E-state index contributed by atoms with van der Waals surface area (Å²) < 4.78 is 11.2. The largest absolute Gasteiger partial charge is 0.486 e. The number of halogens is 2. The normalized spacial score (nSPS) is 14.9. The van der Waals surface area contributed by atoms with E-state index < -0.39 is 0 Å². The summed E-state index contributed by atoms with van der Waals surface area (Å²) in [5.74, 6) is 1.47. The molecule has 0 aliphatic carbocycles. The number of fused-ring (bicyclic) bond motifs is 1. The van der Waals surface area contributed by atoms with Crippen molar-refractivity contribution in [3.63, 3.8) is 0 Å². The molecule has 0 bridgehead atoms. The molecule has 0 amide bonds. The molecular formula is C16H14BrClO2. The van der Waals surface area contributed by atoms with E-state index in [2.05, 4.69) is 41.1 Å². The molecule has 3 rings (SSSR count). The zero-order valence-electron chi connectivity index (χ0n) is 11.0. The van der Waals surface area contributed by atoms with Gasteiger partial charge in [-0.25, -0.2) is 0 Å². The summed E-state index contributed by atoms with van der Waals surface area (Å²) in [4.78, 5) is 0.0331. The van der Waals surface area contributed by atoms with Crippen LogP contribution in [0.2, 0.25) is 5.02 Å². The van der Waals surface area contributed by atoms with Crippen molar-refractivity contribution in [2.75, 3.05) is 13.2 Å². The molecule has 0 aromatic heterocycles. The van der Waals surface area contributed by atoms with Crippen LogP contribution in [0, 0.1) is 6.92 Å². The third kappa shape index (κ3) is 2.65. The molecule has 0 fully saturated rings. The monoisotopic (exact) mass is 352 g/mol. The second-order valence-corrected chi connectivity index (χ2v) is 6.12. The SMILES string of the molecule is Cc1cccc(C(Br)c2cc3c(cc2Cl)OCCO3)c1. The fourth-order valence-corrected chi connectivity index (χ4v) is 3.34. The Hall–Kier alpha value is -1.19. The van der Waals surface area contributed by atoms with Crippen molar-refractivity contribution in [3.05, 3.63) is 58.1 Å². The summed E-state index contributed by atoms with van der Waals surface area (Å²) in [6.45, 7) is 3.22. The molecule has 0 spiro atoms. The lowest BCUT2D eigenvalue weighted by molar-refractivity contribution is 0.171. The van der Waals surface area contributed by atoms with Crippen LogP contribution < -0.4 is 9.47 Å². The van der Waals surface area contributed by atoms with E-state index in [0.29, 0.717) is 24.0 Å². The van der Waals surface area contributed by atoms with Crippen LogP contribution in [-0.4, -0.2) is 13.2 Å². The van der Waals surface area contributed by atoms with Crippen LogP contribution in [0.4, 0.5) is 0 Å². The molecular weight excluding hydrogens is 340 g/mol. The van der Waals surface area contributed by atoms with Gasteiger partial charge in [0.25, 0.3) is 0 Å². The lowest BCUT2D eigenvalue weighted by Crippen LogP contribution is -2.15. The Morgan fingerprint density at radius 3 is 2.50 bits per heavy atom. The lowest BCUT2D eigenvalue weighted by atomic mass is 10.0. The quantitative estimate of drug-likeness (QED) is 0.715. The maximum atomic E-state index is 6.38. The van der Waals surface area contributed by atoms with Gasteiger partial charge in [0.05, 0.1) is 4.83 Å². The van der Waals surface area contributed by atoms with Crippen molar-refractivity contribution >= 4 is 27.5 Å². The average molecular weight is 354 g/mol. The Bertz CT molecular complexity index is 642. The summed E-state index contributed by atoms with van der Waals surface area (Å²) in [6.07, 6.45) is 0. The van der Waals surface area contributed by atoms with Crippen LogP contribution in [-0.2, 0) is 0 Å². The maximum absolute atomic E-state index is 6.38. The van der Waals surface area contributed by atoms with Crippen LogP contribution >= 0.6 is 27.5 Å². The molecule has 0 saturated carbocycles. The average Bonchev–Trinajstić information content (AvgIpc) is 2.46. The molecule has 0 N–H and O–H groups in total. The zero-order valence-corrected chi connectivity index (χ0v) is 13.4. The van der Waals surface area contributed by atoms with Gasteiger partial charge in [-0.05, 0) is 24.1 Å². The number of benzene rings is 2. The Labute approximate surface area is 131 Å². The summed E-state index contributed by atoms with van der Waals surface area (Å²) in [6, 6.07) is 12.1. The first kappa shape index (κ1) is 13.8. The minimum atomic E-state index is 0.0331. The number of ether oxygens (including phenoxy) is 2. The molecule has 2 aromatic rings. The van der Waals surface area contributed by atoms with E-state index in [9.17, 15) is 0 Å². The summed E-state index contributed by atoms with van der Waals surface area (Å²) >= 11 is 10.1. The van der Waals surface area contributed by atoms with Crippen LogP contribution in [0.25, 0.3) is 0 Å². The van der Waals surface area contributed by atoms with Crippen LogP contribution in [0.3, 0.4) is 0 Å². The van der Waals surface area contributed by atoms with Crippen LogP contribution in [0.1, 0.15) is 21.5 Å². The number of hydrogen-bond donors (Lipinski definition) is 0. The van der Waals surface area contributed by atoms with Crippen molar-refractivity contribution < 1.29 is 9.47 Å². The van der Waals surface area contributed by atoms with Gasteiger partial charge in [-0.1, -0.05) is 57.4 Å². The Balaban J connectivity index is 2.01. The van der Waals surface area contributed by atoms with Crippen molar-refractivity contribution in [3.8, 4) is 11.5 Å². The van der Waals surface area contributed by atoms with Gasteiger partial charge in [0.1, 0.15) is 13.2 Å². The fourth-order valence-electron chi connectivity index (χ4n) is 2.28. The van der Waals surface area contributed by atoms with Crippen molar-refractivity contribution in [1.82, 2.24) is 0 Å². The first-order valence-corrected chi connectivity index (χ1v) is 7.74. The summed E-state index contributed by atoms with van der Waals surface area (Å²) in [5.41, 5.74) is 3.38. The third-order valence-electron chi connectivity index (χ3n) is 3.27. The number of rotatable bonds is 2. The summed E-state index contributed by atoms with van der Waals surface area (Å²) in [5, 5.41) is 0.678. The van der Waals surface area contributed by atoms with E-state index in [1.165, 1.54) is 11.1 Å². The van der Waals surface area contributed by atoms with Crippen molar-refractivity contribution in [1.29, 1.82) is 0 Å². The molecule has 1 aliphatic heterocycles. The molecule has 20 heavy (non-hydrogen) atoms. The third-order valence-corrected chi connectivity index (χ3v) is 4.62. The van der Waals surface area contributed by atoms with Gasteiger partial charge in [-0.3, -0.25) is 0 Å². The molecule has 4 heteroatoms. The highest BCUT2D eigenvalue weighted by Gasteiger charge is 2.20. The molecule has 104 valence electrons. The van der Waals surface area contributed by atoms with Gasteiger partial charge in [0.2, 0.25) is 0 Å². The minimum Gasteiger partial charge on any atom is -0.486 e. The standard InChI is InChI=1S/C16H14BrClO2/c1-10-3-2-4-11(7-10)16(17)12-8-14-15(9-13(12)18)20-6-5-19-14/h2-4,7-9,16H,5-6H2,1H3. The van der Waals surface area contributed by atoms with Crippen molar-refractivity contribution in [2.24, 2.45) is 0 Å². The van der Waals surface area contributed by atoms with Gasteiger partial charge < -0.3 is 9.47 Å². The second kappa shape index (κ2) is 5.66. The van der Waals surface area contributed by atoms with Crippen molar-refractivity contribution in [2.45, 2.75) is 11.8 Å². The van der Waals surface area contributed by atoms with Gasteiger partial charge in [-0.2, -0.15) is 0 Å². The fraction of sp³-hybridized carbons (Fsp3) is 0.250. The minimum absolute atomic E-state index is 0.0331. The molecule has 2 nitrogen and oxygen atoms in total. The molecule has 0 radical (unpaired) electrons. The molecule has 0 saturated heterocycles. The molecule has 1 atom stereocenters. The van der Waals surface area contributed by atoms with Gasteiger partial charge in [0.15, 0.2) is 11.5 Å². The second-order valence-electron chi connectivity index (χ2n) is 4.79. The molecule has 2 aromatic carbocycles. The highest BCUT2D eigenvalue weighted by Crippen LogP contribution is 2.42. The first-order valence-electron chi connectivity index (χ1n) is 6.45. The van der Waals surface area contributed by atoms with Crippen LogP contribution in [0.5, 0.6) is 11.5 Å². The van der Waals surface area contributed by atoms with E-state index in [0.717, 1.165) is 11.3 Å². The predicted molar refractivity (Wildman–Crippen MR) is 84.4 cm³/mol. The Kier molecular flexibility index (Phi) is 3.90. The topological polar surface area (TPSA) is 18.5 Å². The smallest absolute Gasteiger partial charge is 0.162 e. The summed E-state index contributed by atoms with van der Waals surface area (Å²) in [7, 11) is 0. The molecule has 1 heterocycles. The number of alkyl halides is 1. The van der Waals surface area contributed by atoms with E-state index in [1.54, 1.807) is 0 Å². The van der Waals surface area contributed by atoms with Crippen LogP contribution in [0.15, 0.2) is 36.4 Å². The highest BCUT2D eigenvalue weighted by molar-refractivity contribution is 9.09. The molecule has 1 aliphatic rings. The maximum Gasteiger partial charge on any atom is 0.162 e.